The van der Waals surface area contributed by atoms with Gasteiger partial charge in [0, 0.05) is 22.3 Å². The lowest BCUT2D eigenvalue weighted by Gasteiger charge is -2.26. The van der Waals surface area contributed by atoms with E-state index in [9.17, 15) is 39.6 Å². The first-order chi connectivity index (χ1) is 22.0. The van der Waals surface area contributed by atoms with Gasteiger partial charge in [0.25, 0.3) is 0 Å². The third-order valence-corrected chi connectivity index (χ3v) is 7.50. The van der Waals surface area contributed by atoms with Crippen LogP contribution >= 0.6 is 0 Å². The summed E-state index contributed by atoms with van der Waals surface area (Å²) in [4.78, 5) is 46.8. The molecule has 0 spiro atoms. The number of carboxylic acids is 4. The second kappa shape index (κ2) is 12.7. The summed E-state index contributed by atoms with van der Waals surface area (Å²) in [5.74, 6) is -3.92. The summed E-state index contributed by atoms with van der Waals surface area (Å²) >= 11 is 0. The standard InChI is InChI=1S/C36H26O10/c1-45-31-29(21-7-15-25(16-8-21)35(41)42)27(19-3-11-23(12-4-19)33(37)38)28(20-5-13-24(14-6-20)34(39)40)30(32(31)46-2)22-9-17-26(18-10-22)36(43)44/h3-18H,1-2H3,(H,37,38)(H,39,40)(H,41,42)(H,43,44). The van der Waals surface area contributed by atoms with Gasteiger partial charge in [-0.2, -0.15) is 0 Å². The molecule has 0 radical (unpaired) electrons. The predicted octanol–water partition coefficient (Wildman–Crippen LogP) is 7.16. The van der Waals surface area contributed by atoms with Crippen LogP contribution in [0.5, 0.6) is 11.5 Å². The molecular weight excluding hydrogens is 592 g/mol. The molecule has 5 rings (SSSR count). The van der Waals surface area contributed by atoms with Crippen LogP contribution in [0.2, 0.25) is 0 Å². The number of hydrogen-bond donors (Lipinski definition) is 4. The number of aromatic carboxylic acids is 4. The molecule has 0 heterocycles. The minimum atomic E-state index is -1.12. The Morgan fingerprint density at radius 1 is 0.370 bits per heavy atom. The molecule has 0 unspecified atom stereocenters. The summed E-state index contributed by atoms with van der Waals surface area (Å²) in [6.07, 6.45) is 0. The minimum absolute atomic E-state index is 0.0495. The molecule has 0 saturated heterocycles. The molecule has 0 atom stereocenters. The molecule has 0 fully saturated rings. The first kappa shape index (κ1) is 31.0. The van der Waals surface area contributed by atoms with Gasteiger partial charge in [-0.25, -0.2) is 19.2 Å². The van der Waals surface area contributed by atoms with Crippen molar-refractivity contribution < 1.29 is 49.1 Å². The van der Waals surface area contributed by atoms with Crippen LogP contribution in [0.1, 0.15) is 41.4 Å². The zero-order chi connectivity index (χ0) is 33.1. The van der Waals surface area contributed by atoms with Crippen molar-refractivity contribution >= 4 is 23.9 Å². The van der Waals surface area contributed by atoms with E-state index in [1.165, 1.54) is 62.8 Å². The molecule has 10 nitrogen and oxygen atoms in total. The normalized spacial score (nSPS) is 10.7. The fraction of sp³-hybridized carbons (Fsp3) is 0.0556. The Morgan fingerprint density at radius 2 is 0.565 bits per heavy atom. The molecule has 0 saturated carbocycles. The average molecular weight is 619 g/mol. The zero-order valence-corrected chi connectivity index (χ0v) is 24.5. The second-order valence-electron chi connectivity index (χ2n) is 10.1. The lowest BCUT2D eigenvalue weighted by Crippen LogP contribution is -2.04. The first-order valence-electron chi connectivity index (χ1n) is 13.7. The third kappa shape index (κ3) is 5.74. The van der Waals surface area contributed by atoms with Gasteiger partial charge >= 0.3 is 23.9 Å². The van der Waals surface area contributed by atoms with Crippen molar-refractivity contribution in [3.05, 3.63) is 119 Å². The predicted molar refractivity (Wildman–Crippen MR) is 169 cm³/mol. The number of methoxy groups -OCH3 is 2. The zero-order valence-electron chi connectivity index (χ0n) is 24.5. The van der Waals surface area contributed by atoms with E-state index in [-0.39, 0.29) is 33.8 Å². The van der Waals surface area contributed by atoms with E-state index >= 15 is 0 Å². The van der Waals surface area contributed by atoms with E-state index in [0.29, 0.717) is 44.5 Å². The van der Waals surface area contributed by atoms with Crippen LogP contribution in [0, 0.1) is 0 Å². The Hall–Kier alpha value is -6.42. The molecular formula is C36H26O10. The molecule has 0 aliphatic heterocycles. The number of rotatable bonds is 10. The van der Waals surface area contributed by atoms with Gasteiger partial charge in [-0.05, 0) is 70.8 Å². The van der Waals surface area contributed by atoms with Crippen LogP contribution in [0.4, 0.5) is 0 Å². The van der Waals surface area contributed by atoms with Gasteiger partial charge in [0.15, 0.2) is 11.5 Å². The van der Waals surface area contributed by atoms with Crippen molar-refractivity contribution in [2.75, 3.05) is 14.2 Å². The smallest absolute Gasteiger partial charge is 0.335 e. The van der Waals surface area contributed by atoms with Crippen molar-refractivity contribution in [2.45, 2.75) is 0 Å². The van der Waals surface area contributed by atoms with Crippen molar-refractivity contribution in [2.24, 2.45) is 0 Å². The highest BCUT2D eigenvalue weighted by Crippen LogP contribution is 2.56. The Kier molecular flexibility index (Phi) is 8.54. The van der Waals surface area contributed by atoms with E-state index in [1.807, 2.05) is 0 Å². The highest BCUT2D eigenvalue weighted by Gasteiger charge is 2.29. The van der Waals surface area contributed by atoms with Crippen molar-refractivity contribution in [1.82, 2.24) is 0 Å². The lowest BCUT2D eigenvalue weighted by atomic mass is 9.81. The Morgan fingerprint density at radius 3 is 0.739 bits per heavy atom. The highest BCUT2D eigenvalue weighted by molar-refractivity contribution is 6.08. The summed E-state index contributed by atoms with van der Waals surface area (Å²) in [5, 5.41) is 38.2. The van der Waals surface area contributed by atoms with Crippen molar-refractivity contribution in [3.63, 3.8) is 0 Å². The van der Waals surface area contributed by atoms with Crippen LogP contribution in [0.3, 0.4) is 0 Å². The van der Waals surface area contributed by atoms with Crippen LogP contribution in [0.25, 0.3) is 44.5 Å². The van der Waals surface area contributed by atoms with Gasteiger partial charge in [0.1, 0.15) is 0 Å². The summed E-state index contributed by atoms with van der Waals surface area (Å²) < 4.78 is 12.0. The largest absolute Gasteiger partial charge is 0.492 e. The van der Waals surface area contributed by atoms with Crippen LogP contribution < -0.4 is 9.47 Å². The molecule has 10 heteroatoms. The van der Waals surface area contributed by atoms with Gasteiger partial charge in [-0.15, -0.1) is 0 Å². The van der Waals surface area contributed by atoms with Gasteiger partial charge < -0.3 is 29.9 Å². The molecule has 5 aromatic rings. The Labute approximate surface area is 262 Å². The second-order valence-corrected chi connectivity index (χ2v) is 10.1. The van der Waals surface area contributed by atoms with Gasteiger partial charge in [0.2, 0.25) is 0 Å². The van der Waals surface area contributed by atoms with E-state index in [4.69, 9.17) is 9.47 Å². The van der Waals surface area contributed by atoms with E-state index in [2.05, 4.69) is 0 Å². The van der Waals surface area contributed by atoms with Gasteiger partial charge in [0.05, 0.1) is 36.5 Å². The highest BCUT2D eigenvalue weighted by atomic mass is 16.5. The van der Waals surface area contributed by atoms with Gasteiger partial charge in [-0.1, -0.05) is 48.5 Å². The molecule has 0 aliphatic carbocycles. The van der Waals surface area contributed by atoms with E-state index in [0.717, 1.165) is 0 Å². The first-order valence-corrected chi connectivity index (χ1v) is 13.7. The van der Waals surface area contributed by atoms with Crippen LogP contribution in [-0.2, 0) is 0 Å². The fourth-order valence-electron chi connectivity index (χ4n) is 5.34. The van der Waals surface area contributed by atoms with Crippen molar-refractivity contribution in [3.8, 4) is 56.0 Å². The summed E-state index contributed by atoms with van der Waals surface area (Å²) in [6.45, 7) is 0. The monoisotopic (exact) mass is 618 g/mol. The SMILES string of the molecule is COc1c(OC)c(-c2ccc(C(=O)O)cc2)c(-c2ccc(C(=O)O)cc2)c(-c2ccc(C(=O)O)cc2)c1-c1ccc(C(=O)O)cc1. The molecule has 5 aromatic carbocycles. The minimum Gasteiger partial charge on any atom is -0.492 e. The van der Waals surface area contributed by atoms with Crippen LogP contribution in [-0.4, -0.2) is 58.5 Å². The Balaban J connectivity index is 2.00. The maximum atomic E-state index is 11.7. The summed E-state index contributed by atoms with van der Waals surface area (Å²) in [6, 6.07) is 24.6. The maximum absolute atomic E-state index is 11.7. The van der Waals surface area contributed by atoms with E-state index < -0.39 is 23.9 Å². The summed E-state index contributed by atoms with van der Waals surface area (Å²) in [7, 11) is 2.89. The topological polar surface area (TPSA) is 168 Å². The Bertz CT molecular complexity index is 1830. The van der Waals surface area contributed by atoms with Crippen LogP contribution in [0.15, 0.2) is 97.1 Å². The molecule has 0 aliphatic rings. The number of ether oxygens (including phenoxy) is 2. The molecule has 0 bridgehead atoms. The number of carbonyl (C=O) groups is 4. The number of benzene rings is 5. The summed E-state index contributed by atoms with van der Waals surface area (Å²) in [5.41, 5.74) is 4.49. The maximum Gasteiger partial charge on any atom is 0.335 e. The average Bonchev–Trinajstić information content (AvgIpc) is 3.07. The molecule has 0 amide bonds. The van der Waals surface area contributed by atoms with Gasteiger partial charge in [-0.3, -0.25) is 0 Å². The molecule has 46 heavy (non-hydrogen) atoms. The number of carboxylic acid groups (broad SMARTS) is 4. The third-order valence-electron chi connectivity index (χ3n) is 7.50. The quantitative estimate of drug-likeness (QED) is 0.126. The molecule has 0 aromatic heterocycles. The number of hydrogen-bond acceptors (Lipinski definition) is 6. The molecule has 4 N–H and O–H groups in total. The fourth-order valence-corrected chi connectivity index (χ4v) is 5.34. The van der Waals surface area contributed by atoms with E-state index in [1.54, 1.807) is 48.5 Å². The molecule has 230 valence electrons. The lowest BCUT2D eigenvalue weighted by molar-refractivity contribution is 0.0686. The van der Waals surface area contributed by atoms with Crippen molar-refractivity contribution in [1.29, 1.82) is 0 Å².